The normalized spacial score (nSPS) is 10.6. The summed E-state index contributed by atoms with van der Waals surface area (Å²) in [5.74, 6) is 1.13. The maximum absolute atomic E-state index is 5.31. The van der Waals surface area contributed by atoms with Crippen LogP contribution in [0, 0.1) is 6.92 Å². The average molecular weight is 315 g/mol. The van der Waals surface area contributed by atoms with Crippen LogP contribution in [0.4, 0.5) is 0 Å². The zero-order valence-corrected chi connectivity index (χ0v) is 11.9. The van der Waals surface area contributed by atoms with Gasteiger partial charge in [0.2, 0.25) is 5.82 Å². The molecule has 4 heteroatoms. The van der Waals surface area contributed by atoms with Gasteiger partial charge in [-0.05, 0) is 25.1 Å². The lowest BCUT2D eigenvalue weighted by molar-refractivity contribution is 0.432. The van der Waals surface area contributed by atoms with Crippen LogP contribution in [0.3, 0.4) is 0 Å². The van der Waals surface area contributed by atoms with Gasteiger partial charge in [0.15, 0.2) is 0 Å². The third-order valence-corrected chi connectivity index (χ3v) is 3.30. The Bertz CT molecular complexity index is 704. The highest BCUT2D eigenvalue weighted by Gasteiger charge is 2.10. The maximum atomic E-state index is 5.31. The molecule has 0 spiro atoms. The minimum Gasteiger partial charge on any atom is -0.334 e. The second-order valence-corrected chi connectivity index (χ2v) is 5.22. The van der Waals surface area contributed by atoms with Crippen LogP contribution < -0.4 is 0 Å². The van der Waals surface area contributed by atoms with Crippen LogP contribution in [-0.4, -0.2) is 10.1 Å². The molecule has 19 heavy (non-hydrogen) atoms. The lowest BCUT2D eigenvalue weighted by atomic mass is 10.1. The summed E-state index contributed by atoms with van der Waals surface area (Å²) >= 11 is 3.43. The first kappa shape index (κ1) is 12.1. The van der Waals surface area contributed by atoms with Gasteiger partial charge in [0.05, 0.1) is 0 Å². The highest BCUT2D eigenvalue weighted by atomic mass is 79.9. The molecule has 0 atom stereocenters. The molecule has 0 unspecified atom stereocenters. The molecule has 1 heterocycles. The summed E-state index contributed by atoms with van der Waals surface area (Å²) in [4.78, 5) is 4.42. The quantitative estimate of drug-likeness (QED) is 0.700. The lowest BCUT2D eigenvalue weighted by Gasteiger charge is -1.95. The smallest absolute Gasteiger partial charge is 0.258 e. The molecule has 2 aromatic carbocycles. The van der Waals surface area contributed by atoms with Gasteiger partial charge in [0.1, 0.15) is 0 Å². The van der Waals surface area contributed by atoms with Crippen LogP contribution >= 0.6 is 15.9 Å². The van der Waals surface area contributed by atoms with Crippen molar-refractivity contribution in [2.45, 2.75) is 6.92 Å². The van der Waals surface area contributed by atoms with Gasteiger partial charge in [-0.2, -0.15) is 4.98 Å². The fourth-order valence-corrected chi connectivity index (χ4v) is 2.18. The van der Waals surface area contributed by atoms with Gasteiger partial charge in [0.25, 0.3) is 5.89 Å². The van der Waals surface area contributed by atoms with Gasteiger partial charge in [-0.15, -0.1) is 0 Å². The van der Waals surface area contributed by atoms with E-state index < -0.39 is 0 Å². The minimum atomic E-state index is 0.525. The molecule has 0 fully saturated rings. The van der Waals surface area contributed by atoms with Gasteiger partial charge in [-0.3, -0.25) is 0 Å². The summed E-state index contributed by atoms with van der Waals surface area (Å²) in [6, 6.07) is 15.8. The predicted molar refractivity (Wildman–Crippen MR) is 77.6 cm³/mol. The molecule has 0 amide bonds. The maximum Gasteiger partial charge on any atom is 0.258 e. The number of rotatable bonds is 2. The van der Waals surface area contributed by atoms with Crippen molar-refractivity contribution >= 4 is 15.9 Å². The number of benzene rings is 2. The Hall–Kier alpha value is -1.94. The topological polar surface area (TPSA) is 38.9 Å². The summed E-state index contributed by atoms with van der Waals surface area (Å²) in [5, 5.41) is 4.02. The molecule has 0 aliphatic heterocycles. The molecule has 3 nitrogen and oxygen atoms in total. The molecule has 0 aliphatic rings. The van der Waals surface area contributed by atoms with E-state index in [1.807, 2.05) is 55.5 Å². The minimum absolute atomic E-state index is 0.525. The Kier molecular flexibility index (Phi) is 3.17. The van der Waals surface area contributed by atoms with Gasteiger partial charge >= 0.3 is 0 Å². The van der Waals surface area contributed by atoms with Crippen LogP contribution in [0.1, 0.15) is 5.56 Å². The van der Waals surface area contributed by atoms with E-state index in [0.29, 0.717) is 11.7 Å². The molecule has 3 rings (SSSR count). The lowest BCUT2D eigenvalue weighted by Crippen LogP contribution is -1.81. The van der Waals surface area contributed by atoms with Crippen molar-refractivity contribution in [2.75, 3.05) is 0 Å². The molecular weight excluding hydrogens is 304 g/mol. The van der Waals surface area contributed by atoms with Crippen molar-refractivity contribution in [3.8, 4) is 22.8 Å². The van der Waals surface area contributed by atoms with Gasteiger partial charge in [-0.1, -0.05) is 57.0 Å². The molecule has 0 saturated heterocycles. The molecule has 0 saturated carbocycles. The van der Waals surface area contributed by atoms with Crippen LogP contribution in [0.15, 0.2) is 57.5 Å². The van der Waals surface area contributed by atoms with Crippen LogP contribution in [0.2, 0.25) is 0 Å². The fourth-order valence-electron chi connectivity index (χ4n) is 1.78. The van der Waals surface area contributed by atoms with Crippen molar-refractivity contribution in [3.63, 3.8) is 0 Å². The van der Waals surface area contributed by atoms with Crippen molar-refractivity contribution in [1.29, 1.82) is 0 Å². The van der Waals surface area contributed by atoms with Crippen molar-refractivity contribution in [2.24, 2.45) is 0 Å². The number of nitrogens with zero attached hydrogens (tertiary/aromatic N) is 2. The Morgan fingerprint density at radius 2 is 1.79 bits per heavy atom. The highest BCUT2D eigenvalue weighted by molar-refractivity contribution is 9.10. The number of aromatic nitrogens is 2. The van der Waals surface area contributed by atoms with E-state index in [0.717, 1.165) is 15.6 Å². The van der Waals surface area contributed by atoms with Crippen molar-refractivity contribution in [3.05, 3.63) is 58.6 Å². The molecule has 0 aliphatic carbocycles. The second kappa shape index (κ2) is 4.97. The van der Waals surface area contributed by atoms with Crippen molar-refractivity contribution < 1.29 is 4.52 Å². The fraction of sp³-hybridized carbons (Fsp3) is 0.0667. The SMILES string of the molecule is Cc1ccc(-c2noc(-c3cccc(Br)c3)n2)cc1. The van der Waals surface area contributed by atoms with E-state index in [1.165, 1.54) is 5.56 Å². The Morgan fingerprint density at radius 1 is 1.00 bits per heavy atom. The first-order chi connectivity index (χ1) is 9.22. The van der Waals surface area contributed by atoms with Crippen LogP contribution in [0.25, 0.3) is 22.8 Å². The van der Waals surface area contributed by atoms with Gasteiger partial charge in [-0.25, -0.2) is 0 Å². The van der Waals surface area contributed by atoms with Gasteiger partial charge < -0.3 is 4.52 Å². The number of aryl methyl sites for hydroxylation is 1. The van der Waals surface area contributed by atoms with Crippen LogP contribution in [-0.2, 0) is 0 Å². The third kappa shape index (κ3) is 2.58. The molecule has 0 radical (unpaired) electrons. The van der Waals surface area contributed by atoms with E-state index in [1.54, 1.807) is 0 Å². The summed E-state index contributed by atoms with van der Waals surface area (Å²) in [5.41, 5.74) is 3.07. The first-order valence-electron chi connectivity index (χ1n) is 5.89. The number of halogens is 1. The predicted octanol–water partition coefficient (Wildman–Crippen LogP) is 4.47. The zero-order valence-electron chi connectivity index (χ0n) is 10.3. The van der Waals surface area contributed by atoms with Gasteiger partial charge in [0, 0.05) is 15.6 Å². The van der Waals surface area contributed by atoms with E-state index >= 15 is 0 Å². The summed E-state index contributed by atoms with van der Waals surface area (Å²) in [6.07, 6.45) is 0. The van der Waals surface area contributed by atoms with E-state index in [2.05, 4.69) is 26.1 Å². The van der Waals surface area contributed by atoms with E-state index in [9.17, 15) is 0 Å². The number of hydrogen-bond acceptors (Lipinski definition) is 3. The largest absolute Gasteiger partial charge is 0.334 e. The Labute approximate surface area is 119 Å². The molecular formula is C15H11BrN2O. The molecule has 0 bridgehead atoms. The molecule has 3 aromatic rings. The van der Waals surface area contributed by atoms with Crippen LogP contribution in [0.5, 0.6) is 0 Å². The average Bonchev–Trinajstić information content (AvgIpc) is 2.89. The molecule has 0 N–H and O–H groups in total. The first-order valence-corrected chi connectivity index (χ1v) is 6.68. The zero-order chi connectivity index (χ0) is 13.2. The molecule has 94 valence electrons. The summed E-state index contributed by atoms with van der Waals surface area (Å²) in [6.45, 7) is 2.05. The Balaban J connectivity index is 1.97. The Morgan fingerprint density at radius 3 is 2.53 bits per heavy atom. The summed E-state index contributed by atoms with van der Waals surface area (Å²) in [7, 11) is 0. The van der Waals surface area contributed by atoms with E-state index in [4.69, 9.17) is 4.52 Å². The third-order valence-electron chi connectivity index (χ3n) is 2.81. The van der Waals surface area contributed by atoms with Crippen molar-refractivity contribution in [1.82, 2.24) is 10.1 Å². The summed E-state index contributed by atoms with van der Waals surface area (Å²) < 4.78 is 6.29. The van der Waals surface area contributed by atoms with E-state index in [-0.39, 0.29) is 0 Å². The monoisotopic (exact) mass is 314 g/mol. The standard InChI is InChI=1S/C15H11BrN2O/c1-10-5-7-11(8-6-10)14-17-15(19-18-14)12-3-2-4-13(16)9-12/h2-9H,1H3. The highest BCUT2D eigenvalue weighted by Crippen LogP contribution is 2.24. The second-order valence-electron chi connectivity index (χ2n) is 4.30. The number of hydrogen-bond donors (Lipinski definition) is 0. The molecule has 1 aromatic heterocycles.